The highest BCUT2D eigenvalue weighted by molar-refractivity contribution is 6.15. The molecule has 0 atom stereocenters. The van der Waals surface area contributed by atoms with Crippen LogP contribution in [0.2, 0.25) is 0 Å². The molecule has 0 bridgehead atoms. The van der Waals surface area contributed by atoms with Gasteiger partial charge in [-0.2, -0.15) is 0 Å². The zero-order chi connectivity index (χ0) is 30.8. The molecule has 46 heavy (non-hydrogen) atoms. The van der Waals surface area contributed by atoms with Crippen LogP contribution in [-0.2, 0) is 5.41 Å². The summed E-state index contributed by atoms with van der Waals surface area (Å²) in [5, 5.41) is 2.08. The lowest BCUT2D eigenvalue weighted by Crippen LogP contribution is -2.14. The average molecular weight is 591 g/mol. The van der Waals surface area contributed by atoms with E-state index in [1.165, 1.54) is 22.3 Å². The quantitative estimate of drug-likeness (QED) is 0.205. The second-order valence-electron chi connectivity index (χ2n) is 12.6. The van der Waals surface area contributed by atoms with Crippen molar-refractivity contribution in [3.8, 4) is 56.2 Å². The largest absolute Gasteiger partial charge is 0.455 e. The van der Waals surface area contributed by atoms with Crippen molar-refractivity contribution in [1.29, 1.82) is 0 Å². The molecular weight excluding hydrogens is 560 g/mol. The first kappa shape index (κ1) is 26.6. The molecule has 9 rings (SSSR count). The van der Waals surface area contributed by atoms with E-state index in [9.17, 15) is 0 Å². The third-order valence-electron chi connectivity index (χ3n) is 9.52. The lowest BCUT2D eigenvalue weighted by atomic mass is 9.81. The lowest BCUT2D eigenvalue weighted by molar-refractivity contribution is 0.660. The van der Waals surface area contributed by atoms with Gasteiger partial charge in [0.05, 0.1) is 11.4 Å². The second-order valence-corrected chi connectivity index (χ2v) is 12.6. The normalized spacial score (nSPS) is 13.2. The number of para-hydroxylation sites is 1. The van der Waals surface area contributed by atoms with E-state index >= 15 is 0 Å². The number of furan rings is 1. The van der Waals surface area contributed by atoms with E-state index in [2.05, 4.69) is 111 Å². The first-order chi connectivity index (χ1) is 22.6. The van der Waals surface area contributed by atoms with Gasteiger partial charge < -0.3 is 4.42 Å². The van der Waals surface area contributed by atoms with Crippen LogP contribution in [0.25, 0.3) is 78.1 Å². The Balaban J connectivity index is 1.24. The maximum atomic E-state index is 6.71. The van der Waals surface area contributed by atoms with Gasteiger partial charge in [0.25, 0.3) is 0 Å². The fourth-order valence-corrected chi connectivity index (χ4v) is 7.21. The predicted molar refractivity (Wildman–Crippen MR) is 189 cm³/mol. The van der Waals surface area contributed by atoms with Crippen molar-refractivity contribution in [2.75, 3.05) is 0 Å². The van der Waals surface area contributed by atoms with Crippen LogP contribution < -0.4 is 0 Å². The van der Waals surface area contributed by atoms with Crippen LogP contribution in [0.1, 0.15) is 25.0 Å². The molecule has 8 aromatic rings. The molecule has 1 aliphatic carbocycles. The van der Waals surface area contributed by atoms with Crippen molar-refractivity contribution >= 4 is 21.9 Å². The summed E-state index contributed by atoms with van der Waals surface area (Å²) < 4.78 is 6.71. The average Bonchev–Trinajstić information content (AvgIpc) is 3.61. The van der Waals surface area contributed by atoms with Gasteiger partial charge in [0.2, 0.25) is 0 Å². The maximum Gasteiger partial charge on any atom is 0.161 e. The summed E-state index contributed by atoms with van der Waals surface area (Å²) in [7, 11) is 0. The minimum Gasteiger partial charge on any atom is -0.455 e. The highest BCUT2D eigenvalue weighted by atomic mass is 16.3. The summed E-state index contributed by atoms with van der Waals surface area (Å²) in [5.41, 5.74) is 14.0. The van der Waals surface area contributed by atoms with Crippen molar-refractivity contribution < 1.29 is 4.42 Å². The molecule has 0 saturated heterocycles. The Morgan fingerprint density at radius 3 is 1.83 bits per heavy atom. The summed E-state index contributed by atoms with van der Waals surface area (Å²) in [6.07, 6.45) is 0. The zero-order valence-electron chi connectivity index (χ0n) is 25.7. The number of hydrogen-bond acceptors (Lipinski definition) is 3. The number of rotatable bonds is 4. The van der Waals surface area contributed by atoms with Gasteiger partial charge in [-0.05, 0) is 46.0 Å². The first-order valence-electron chi connectivity index (χ1n) is 15.8. The number of benzene rings is 6. The first-order valence-corrected chi connectivity index (χ1v) is 15.8. The molecule has 218 valence electrons. The molecular formula is C43H30N2O. The van der Waals surface area contributed by atoms with Gasteiger partial charge >= 0.3 is 0 Å². The Hall–Kier alpha value is -5.80. The van der Waals surface area contributed by atoms with Crippen LogP contribution in [0.4, 0.5) is 0 Å². The minimum absolute atomic E-state index is 0.0750. The van der Waals surface area contributed by atoms with E-state index in [0.29, 0.717) is 5.82 Å². The van der Waals surface area contributed by atoms with Crippen molar-refractivity contribution in [2.45, 2.75) is 19.3 Å². The Bertz CT molecular complexity index is 2380. The highest BCUT2D eigenvalue weighted by Gasteiger charge is 2.35. The molecule has 3 nitrogen and oxygen atoms in total. The summed E-state index contributed by atoms with van der Waals surface area (Å²) in [6, 6.07) is 51.0. The van der Waals surface area contributed by atoms with Gasteiger partial charge in [-0.1, -0.05) is 141 Å². The molecule has 0 radical (unpaired) electrons. The van der Waals surface area contributed by atoms with Crippen LogP contribution in [0.5, 0.6) is 0 Å². The standard InChI is InChI=1S/C43H30N2O/c1-43(2)35-21-10-9-17-31(35)32-24-23-29(25-36(32)43)30-18-11-19-33-40-34(20-12-22-39(40)46-41(30)33)42-44-37(27-13-5-3-6-14-27)26-38(45-42)28-15-7-4-8-16-28/h3-26H,1-2H3. The van der Waals surface area contributed by atoms with Crippen LogP contribution in [0.15, 0.2) is 150 Å². The van der Waals surface area contributed by atoms with Crippen molar-refractivity contribution in [2.24, 2.45) is 0 Å². The van der Waals surface area contributed by atoms with Crippen LogP contribution in [0.3, 0.4) is 0 Å². The van der Waals surface area contributed by atoms with Crippen LogP contribution >= 0.6 is 0 Å². The molecule has 0 saturated carbocycles. The molecule has 0 unspecified atom stereocenters. The molecule has 0 N–H and O–H groups in total. The van der Waals surface area contributed by atoms with Gasteiger partial charge in [-0.15, -0.1) is 0 Å². The molecule has 3 heteroatoms. The fraction of sp³-hybridized carbons (Fsp3) is 0.0698. The third-order valence-corrected chi connectivity index (χ3v) is 9.52. The number of fused-ring (bicyclic) bond motifs is 6. The summed E-state index contributed by atoms with van der Waals surface area (Å²) in [6.45, 7) is 4.64. The van der Waals surface area contributed by atoms with Crippen molar-refractivity contribution in [3.05, 3.63) is 157 Å². The van der Waals surface area contributed by atoms with Crippen molar-refractivity contribution in [3.63, 3.8) is 0 Å². The molecule has 0 spiro atoms. The summed E-state index contributed by atoms with van der Waals surface area (Å²) >= 11 is 0. The van der Waals surface area contributed by atoms with E-state index in [1.807, 2.05) is 48.5 Å². The van der Waals surface area contributed by atoms with E-state index in [1.54, 1.807) is 0 Å². The molecule has 0 amide bonds. The van der Waals surface area contributed by atoms with Crippen molar-refractivity contribution in [1.82, 2.24) is 9.97 Å². The number of nitrogens with zero attached hydrogens (tertiary/aromatic N) is 2. The van der Waals surface area contributed by atoms with Gasteiger partial charge in [-0.25, -0.2) is 9.97 Å². The highest BCUT2D eigenvalue weighted by Crippen LogP contribution is 2.50. The number of aromatic nitrogens is 2. The SMILES string of the molecule is CC1(C)c2ccccc2-c2ccc(-c3cccc4c3oc3cccc(-c5nc(-c6ccccc6)cc(-c6ccccc6)n5)c34)cc21. The predicted octanol–water partition coefficient (Wildman–Crippen LogP) is 11.4. The zero-order valence-corrected chi connectivity index (χ0v) is 25.7. The molecule has 0 aliphatic heterocycles. The smallest absolute Gasteiger partial charge is 0.161 e. The molecule has 2 heterocycles. The lowest BCUT2D eigenvalue weighted by Gasteiger charge is -2.22. The van der Waals surface area contributed by atoms with E-state index in [0.717, 1.165) is 61.1 Å². The van der Waals surface area contributed by atoms with Gasteiger partial charge in [0, 0.05) is 38.4 Å². The second kappa shape index (κ2) is 10.1. The summed E-state index contributed by atoms with van der Waals surface area (Å²) in [4.78, 5) is 10.3. The van der Waals surface area contributed by atoms with Crippen LogP contribution in [-0.4, -0.2) is 9.97 Å². The molecule has 2 aromatic heterocycles. The fourth-order valence-electron chi connectivity index (χ4n) is 7.21. The molecule has 0 fully saturated rings. The Morgan fingerprint density at radius 1 is 0.478 bits per heavy atom. The topological polar surface area (TPSA) is 38.9 Å². The monoisotopic (exact) mass is 590 g/mol. The van der Waals surface area contributed by atoms with E-state index in [-0.39, 0.29) is 5.41 Å². The third kappa shape index (κ3) is 4.05. The Kier molecular flexibility index (Phi) is 5.85. The molecule has 6 aromatic carbocycles. The summed E-state index contributed by atoms with van der Waals surface area (Å²) in [5.74, 6) is 0.677. The Labute approximate surface area is 267 Å². The Morgan fingerprint density at radius 2 is 1.09 bits per heavy atom. The number of hydrogen-bond donors (Lipinski definition) is 0. The van der Waals surface area contributed by atoms with Crippen LogP contribution in [0, 0.1) is 0 Å². The molecule has 1 aliphatic rings. The minimum atomic E-state index is -0.0750. The van der Waals surface area contributed by atoms with E-state index in [4.69, 9.17) is 14.4 Å². The van der Waals surface area contributed by atoms with Gasteiger partial charge in [-0.3, -0.25) is 0 Å². The van der Waals surface area contributed by atoms with E-state index < -0.39 is 0 Å². The van der Waals surface area contributed by atoms with Gasteiger partial charge in [0.15, 0.2) is 5.82 Å². The van der Waals surface area contributed by atoms with Gasteiger partial charge in [0.1, 0.15) is 11.2 Å². The maximum absolute atomic E-state index is 6.71.